The van der Waals surface area contributed by atoms with Crippen molar-refractivity contribution < 1.29 is 4.79 Å². The van der Waals surface area contributed by atoms with Gasteiger partial charge in [0.2, 0.25) is 0 Å². The summed E-state index contributed by atoms with van der Waals surface area (Å²) in [5.41, 5.74) is 1.72. The number of unbranched alkanes of at least 4 members (excludes halogenated alkanes) is 3. The van der Waals surface area contributed by atoms with E-state index in [9.17, 15) is 4.79 Å². The number of carbonyl (C=O) groups is 1. The Balaban J connectivity index is 2.37. The van der Waals surface area contributed by atoms with Crippen molar-refractivity contribution in [3.8, 4) is 0 Å². The Bertz CT molecular complexity index is 586. The summed E-state index contributed by atoms with van der Waals surface area (Å²) in [6.45, 7) is 4.66. The summed E-state index contributed by atoms with van der Waals surface area (Å²) in [5.74, 6) is 0.0357. The molecular weight excluding hydrogens is 258 g/mol. The van der Waals surface area contributed by atoms with Gasteiger partial charge in [-0.1, -0.05) is 56.0 Å². The molecular formula is C16H20ClNO. The number of ketones is 1. The normalized spacial score (nSPS) is 11.1. The van der Waals surface area contributed by atoms with Gasteiger partial charge < -0.3 is 4.57 Å². The highest BCUT2D eigenvalue weighted by Crippen LogP contribution is 2.30. The zero-order chi connectivity index (χ0) is 13.8. The van der Waals surface area contributed by atoms with Crippen LogP contribution in [0.1, 0.15) is 49.9 Å². The van der Waals surface area contributed by atoms with E-state index in [0.717, 1.165) is 23.9 Å². The van der Waals surface area contributed by atoms with E-state index >= 15 is 0 Å². The molecule has 2 aromatic rings. The molecule has 1 heterocycles. The van der Waals surface area contributed by atoms with Gasteiger partial charge >= 0.3 is 0 Å². The van der Waals surface area contributed by atoms with Crippen molar-refractivity contribution in [1.82, 2.24) is 4.57 Å². The van der Waals surface area contributed by atoms with Crippen molar-refractivity contribution in [2.45, 2.75) is 46.1 Å². The van der Waals surface area contributed by atoms with Crippen LogP contribution < -0.4 is 0 Å². The first-order valence-corrected chi connectivity index (χ1v) is 7.32. The van der Waals surface area contributed by atoms with Gasteiger partial charge in [0.1, 0.15) is 5.15 Å². The molecule has 102 valence electrons. The number of aromatic nitrogens is 1. The number of carbonyl (C=O) groups excluding carboxylic acids is 1. The maximum absolute atomic E-state index is 11.8. The highest BCUT2D eigenvalue weighted by molar-refractivity contribution is 6.35. The van der Waals surface area contributed by atoms with Crippen LogP contribution in [0.5, 0.6) is 0 Å². The number of benzene rings is 1. The molecule has 2 rings (SSSR count). The minimum atomic E-state index is 0.0357. The number of hydrogen-bond acceptors (Lipinski definition) is 1. The molecule has 0 aliphatic rings. The fourth-order valence-corrected chi connectivity index (χ4v) is 2.93. The minimum Gasteiger partial charge on any atom is -0.331 e. The van der Waals surface area contributed by atoms with Crippen molar-refractivity contribution in [2.24, 2.45) is 0 Å². The Morgan fingerprint density at radius 3 is 2.63 bits per heavy atom. The summed E-state index contributed by atoms with van der Waals surface area (Å²) < 4.78 is 2.07. The van der Waals surface area contributed by atoms with E-state index in [-0.39, 0.29) is 5.78 Å². The summed E-state index contributed by atoms with van der Waals surface area (Å²) in [4.78, 5) is 11.8. The van der Waals surface area contributed by atoms with Crippen LogP contribution in [0.25, 0.3) is 10.9 Å². The summed E-state index contributed by atoms with van der Waals surface area (Å²) in [6.07, 6.45) is 4.77. The lowest BCUT2D eigenvalue weighted by Crippen LogP contribution is -1.99. The van der Waals surface area contributed by atoms with Crippen LogP contribution >= 0.6 is 11.6 Å². The van der Waals surface area contributed by atoms with Crippen LogP contribution in [0.2, 0.25) is 5.15 Å². The topological polar surface area (TPSA) is 22.0 Å². The minimum absolute atomic E-state index is 0.0357. The predicted octanol–water partition coefficient (Wildman–Crippen LogP) is 5.08. The van der Waals surface area contributed by atoms with E-state index in [1.807, 2.05) is 24.3 Å². The zero-order valence-electron chi connectivity index (χ0n) is 11.6. The van der Waals surface area contributed by atoms with Gasteiger partial charge in [-0.15, -0.1) is 0 Å². The second-order valence-corrected chi connectivity index (χ2v) is 5.31. The van der Waals surface area contributed by atoms with Crippen LogP contribution in [0, 0.1) is 0 Å². The van der Waals surface area contributed by atoms with E-state index in [2.05, 4.69) is 11.5 Å². The van der Waals surface area contributed by atoms with Crippen LogP contribution in [-0.4, -0.2) is 10.4 Å². The molecule has 19 heavy (non-hydrogen) atoms. The maximum Gasteiger partial charge on any atom is 0.163 e. The number of aryl methyl sites for hydroxylation is 1. The monoisotopic (exact) mass is 277 g/mol. The highest BCUT2D eigenvalue weighted by atomic mass is 35.5. The second kappa shape index (κ2) is 6.25. The Morgan fingerprint density at radius 1 is 1.21 bits per heavy atom. The van der Waals surface area contributed by atoms with Gasteiger partial charge in [-0.25, -0.2) is 0 Å². The highest BCUT2D eigenvalue weighted by Gasteiger charge is 2.17. The average molecular weight is 278 g/mol. The van der Waals surface area contributed by atoms with Gasteiger partial charge in [0.25, 0.3) is 0 Å². The van der Waals surface area contributed by atoms with Crippen LogP contribution in [0.4, 0.5) is 0 Å². The molecule has 0 spiro atoms. The average Bonchev–Trinajstić information content (AvgIpc) is 2.67. The molecule has 0 aliphatic heterocycles. The Hall–Kier alpha value is -1.28. The SMILES string of the molecule is CCCCCCn1c(Cl)c(C(C)=O)c2ccccc21. The first-order chi connectivity index (χ1) is 9.16. The van der Waals surface area contributed by atoms with E-state index < -0.39 is 0 Å². The molecule has 0 saturated heterocycles. The van der Waals surface area contributed by atoms with E-state index in [1.165, 1.54) is 19.3 Å². The number of nitrogens with zero attached hydrogens (tertiary/aromatic N) is 1. The van der Waals surface area contributed by atoms with Crippen molar-refractivity contribution in [3.63, 3.8) is 0 Å². The third-order valence-electron chi connectivity index (χ3n) is 3.49. The molecule has 0 aliphatic carbocycles. The third-order valence-corrected chi connectivity index (χ3v) is 3.89. The number of rotatable bonds is 6. The molecule has 3 heteroatoms. The van der Waals surface area contributed by atoms with Crippen molar-refractivity contribution in [1.29, 1.82) is 0 Å². The van der Waals surface area contributed by atoms with Crippen LogP contribution in [-0.2, 0) is 6.54 Å². The zero-order valence-corrected chi connectivity index (χ0v) is 12.3. The molecule has 2 nitrogen and oxygen atoms in total. The lowest BCUT2D eigenvalue weighted by molar-refractivity contribution is 0.101. The van der Waals surface area contributed by atoms with Crippen molar-refractivity contribution in [3.05, 3.63) is 35.0 Å². The number of fused-ring (bicyclic) bond motifs is 1. The Morgan fingerprint density at radius 2 is 1.95 bits per heavy atom. The van der Waals surface area contributed by atoms with Crippen molar-refractivity contribution >= 4 is 28.3 Å². The fraction of sp³-hybridized carbons (Fsp3) is 0.438. The molecule has 0 fully saturated rings. The lowest BCUT2D eigenvalue weighted by Gasteiger charge is -2.06. The summed E-state index contributed by atoms with van der Waals surface area (Å²) in [5, 5.41) is 1.56. The Kier molecular flexibility index (Phi) is 4.65. The van der Waals surface area contributed by atoms with Gasteiger partial charge in [0.05, 0.1) is 5.56 Å². The first-order valence-electron chi connectivity index (χ1n) is 6.94. The molecule has 0 N–H and O–H groups in total. The number of para-hydroxylation sites is 1. The lowest BCUT2D eigenvalue weighted by atomic mass is 10.1. The molecule has 0 saturated carbocycles. The number of halogens is 1. The van der Waals surface area contributed by atoms with E-state index in [1.54, 1.807) is 6.92 Å². The molecule has 0 atom stereocenters. The van der Waals surface area contributed by atoms with Gasteiger partial charge in [0, 0.05) is 17.4 Å². The summed E-state index contributed by atoms with van der Waals surface area (Å²) >= 11 is 6.40. The number of Topliss-reactive ketones (excluding diaryl/α,β-unsaturated/α-hetero) is 1. The van der Waals surface area contributed by atoms with Gasteiger partial charge in [0.15, 0.2) is 5.78 Å². The largest absolute Gasteiger partial charge is 0.331 e. The Labute approximate surface area is 119 Å². The third kappa shape index (κ3) is 2.84. The predicted molar refractivity (Wildman–Crippen MR) is 81.1 cm³/mol. The van der Waals surface area contributed by atoms with Crippen LogP contribution in [0.15, 0.2) is 24.3 Å². The van der Waals surface area contributed by atoms with Gasteiger partial charge in [-0.05, 0) is 19.4 Å². The molecule has 0 amide bonds. The van der Waals surface area contributed by atoms with Crippen molar-refractivity contribution in [2.75, 3.05) is 0 Å². The van der Waals surface area contributed by atoms with E-state index in [4.69, 9.17) is 11.6 Å². The van der Waals surface area contributed by atoms with Crippen LogP contribution in [0.3, 0.4) is 0 Å². The second-order valence-electron chi connectivity index (χ2n) is 4.95. The summed E-state index contributed by atoms with van der Waals surface area (Å²) in [7, 11) is 0. The maximum atomic E-state index is 11.8. The molecule has 1 aromatic heterocycles. The fourth-order valence-electron chi connectivity index (χ4n) is 2.52. The van der Waals surface area contributed by atoms with E-state index in [0.29, 0.717) is 10.7 Å². The van der Waals surface area contributed by atoms with Gasteiger partial charge in [-0.3, -0.25) is 4.79 Å². The van der Waals surface area contributed by atoms with Gasteiger partial charge in [-0.2, -0.15) is 0 Å². The molecule has 0 bridgehead atoms. The summed E-state index contributed by atoms with van der Waals surface area (Å²) in [6, 6.07) is 7.95. The first kappa shape index (κ1) is 14.1. The molecule has 0 radical (unpaired) electrons. The smallest absolute Gasteiger partial charge is 0.163 e. The quantitative estimate of drug-likeness (QED) is 0.533. The number of hydrogen-bond donors (Lipinski definition) is 0. The standard InChI is InChI=1S/C16H20ClNO/c1-3-4-5-8-11-18-14-10-7-6-9-13(14)15(12(2)19)16(18)17/h6-7,9-10H,3-5,8,11H2,1-2H3. The molecule has 0 unspecified atom stereocenters. The molecule has 1 aromatic carbocycles.